The van der Waals surface area contributed by atoms with Crippen LogP contribution in [0.4, 0.5) is 9.18 Å². The van der Waals surface area contributed by atoms with Crippen LogP contribution in [0.1, 0.15) is 23.1 Å². The number of aliphatic carboxylic acids is 1. The summed E-state index contributed by atoms with van der Waals surface area (Å²) in [5.41, 5.74) is 2.59. The van der Waals surface area contributed by atoms with Gasteiger partial charge < -0.3 is 20.2 Å². The maximum Gasteiger partial charge on any atom is 0.334 e. The number of carboxylic acid groups (broad SMARTS) is 1. The van der Waals surface area contributed by atoms with Crippen LogP contribution in [-0.2, 0) is 27.5 Å². The molecule has 2 aromatic carbocycles. The third-order valence-corrected chi connectivity index (χ3v) is 6.37. The van der Waals surface area contributed by atoms with Crippen molar-refractivity contribution in [1.82, 2.24) is 25.1 Å². The highest BCUT2D eigenvalue weighted by molar-refractivity contribution is 5.93. The molecule has 11 heteroatoms. The van der Waals surface area contributed by atoms with Crippen molar-refractivity contribution in [3.8, 4) is 0 Å². The molecule has 2 fully saturated rings. The fourth-order valence-corrected chi connectivity index (χ4v) is 4.59. The average Bonchev–Trinajstić information content (AvgIpc) is 2.82. The quantitative estimate of drug-likeness (QED) is 0.626. The Morgan fingerprint density at radius 1 is 1.06 bits per heavy atom. The van der Waals surface area contributed by atoms with Crippen molar-refractivity contribution in [3.05, 3.63) is 71.0 Å². The number of carbonyl (C=O) groups is 4. The number of amides is 4. The molecule has 2 heterocycles. The van der Waals surface area contributed by atoms with Gasteiger partial charge in [0.25, 0.3) is 0 Å². The van der Waals surface area contributed by atoms with Crippen LogP contribution in [-0.4, -0.2) is 81.1 Å². The van der Waals surface area contributed by atoms with Crippen LogP contribution in [0.5, 0.6) is 0 Å². The Morgan fingerprint density at radius 2 is 1.69 bits per heavy atom. The lowest BCUT2D eigenvalue weighted by atomic mass is 10.0. The zero-order chi connectivity index (χ0) is 26.0. The third kappa shape index (κ3) is 5.30. The fraction of sp³-hybridized carbons (Fsp3) is 0.360. The van der Waals surface area contributed by atoms with Crippen LogP contribution in [0.15, 0.2) is 48.5 Å². The van der Waals surface area contributed by atoms with E-state index in [1.807, 2.05) is 31.2 Å². The van der Waals surface area contributed by atoms with Gasteiger partial charge in [-0.25, -0.2) is 19.2 Å². The average molecular weight is 498 g/mol. The number of hydrogen-bond acceptors (Lipinski definition) is 5. The first-order valence-corrected chi connectivity index (χ1v) is 11.5. The number of benzene rings is 2. The number of urea groups is 1. The molecule has 36 heavy (non-hydrogen) atoms. The van der Waals surface area contributed by atoms with Gasteiger partial charge in [0.1, 0.15) is 18.0 Å². The second-order valence-electron chi connectivity index (χ2n) is 9.05. The van der Waals surface area contributed by atoms with Gasteiger partial charge in [0.2, 0.25) is 11.8 Å². The summed E-state index contributed by atoms with van der Waals surface area (Å²) in [6.07, 6.45) is -1.46. The number of piperazine rings is 1. The molecule has 2 saturated heterocycles. The van der Waals surface area contributed by atoms with Gasteiger partial charge >= 0.3 is 12.0 Å². The zero-order valence-electron chi connectivity index (χ0n) is 20.1. The molecule has 10 nitrogen and oxygen atoms in total. The van der Waals surface area contributed by atoms with Crippen LogP contribution in [0.2, 0.25) is 0 Å². The Morgan fingerprint density at radius 3 is 2.33 bits per heavy atom. The highest BCUT2D eigenvalue weighted by atomic mass is 19.1. The first kappa shape index (κ1) is 25.1. The van der Waals surface area contributed by atoms with Crippen LogP contribution >= 0.6 is 0 Å². The minimum absolute atomic E-state index is 0.0167. The molecule has 2 N–H and O–H groups in total. The minimum Gasteiger partial charge on any atom is -0.481 e. The molecule has 2 aliphatic rings. The van der Waals surface area contributed by atoms with Gasteiger partial charge in [-0.05, 0) is 30.2 Å². The first-order valence-electron chi connectivity index (χ1n) is 11.5. The number of carboxylic acids is 1. The topological polar surface area (TPSA) is 114 Å². The Hall–Kier alpha value is -3.99. The second kappa shape index (κ2) is 10.3. The molecule has 2 atom stereocenters. The SMILES string of the molecule is Cc1ccc(CN2C[C@H]3N(C(=O)CN(C)N3C(=O)NCc3ccc(F)cc3)[C@@H](CC(=O)O)C2=O)cc1. The van der Waals surface area contributed by atoms with E-state index in [1.54, 1.807) is 19.2 Å². The maximum absolute atomic E-state index is 13.3. The Balaban J connectivity index is 1.60. The van der Waals surface area contributed by atoms with E-state index in [0.717, 1.165) is 11.1 Å². The predicted molar refractivity (Wildman–Crippen MR) is 126 cm³/mol. The summed E-state index contributed by atoms with van der Waals surface area (Å²) >= 11 is 0. The van der Waals surface area contributed by atoms with Crippen molar-refractivity contribution < 1.29 is 28.7 Å². The summed E-state index contributed by atoms with van der Waals surface area (Å²) in [4.78, 5) is 53.9. The first-order chi connectivity index (χ1) is 17.1. The Kier molecular flexibility index (Phi) is 7.20. The molecule has 2 aromatic rings. The van der Waals surface area contributed by atoms with E-state index in [2.05, 4.69) is 5.32 Å². The van der Waals surface area contributed by atoms with Crippen LogP contribution in [0, 0.1) is 12.7 Å². The molecule has 190 valence electrons. The summed E-state index contributed by atoms with van der Waals surface area (Å²) < 4.78 is 13.2. The molecule has 0 spiro atoms. The minimum atomic E-state index is -1.24. The van der Waals surface area contributed by atoms with Crippen molar-refractivity contribution in [2.45, 2.75) is 38.6 Å². The summed E-state index contributed by atoms with van der Waals surface area (Å²) in [5.74, 6) is -2.51. The van der Waals surface area contributed by atoms with Crippen molar-refractivity contribution >= 4 is 23.8 Å². The van der Waals surface area contributed by atoms with E-state index < -0.39 is 42.4 Å². The Labute approximate surface area is 207 Å². The number of carbonyl (C=O) groups excluding carboxylic acids is 3. The molecule has 4 rings (SSSR count). The molecule has 4 amide bonds. The van der Waals surface area contributed by atoms with Gasteiger partial charge in [0.15, 0.2) is 0 Å². The number of fused-ring (bicyclic) bond motifs is 1. The fourth-order valence-electron chi connectivity index (χ4n) is 4.59. The van der Waals surface area contributed by atoms with E-state index >= 15 is 0 Å². The van der Waals surface area contributed by atoms with Gasteiger partial charge in [-0.1, -0.05) is 42.0 Å². The van der Waals surface area contributed by atoms with E-state index in [4.69, 9.17) is 0 Å². The van der Waals surface area contributed by atoms with E-state index in [-0.39, 0.29) is 32.0 Å². The standard InChI is InChI=1S/C25H28FN5O5/c1-16-3-5-18(6-4-16)13-29-14-21-30(20(24(29)35)11-23(33)34)22(32)15-28(2)31(21)25(36)27-12-17-7-9-19(26)10-8-17/h3-10,20-21H,11-15H2,1-2H3,(H,27,36)(H,33,34)/t20-,21-/m0/s1. The van der Waals surface area contributed by atoms with Crippen LogP contribution < -0.4 is 5.32 Å². The maximum atomic E-state index is 13.3. The normalized spacial score (nSPS) is 20.4. The van der Waals surface area contributed by atoms with E-state index in [1.165, 1.54) is 32.0 Å². The van der Waals surface area contributed by atoms with Crippen LogP contribution in [0.3, 0.4) is 0 Å². The van der Waals surface area contributed by atoms with E-state index in [0.29, 0.717) is 5.56 Å². The lowest BCUT2D eigenvalue weighted by molar-refractivity contribution is -0.189. The second-order valence-corrected chi connectivity index (χ2v) is 9.05. The van der Waals surface area contributed by atoms with Gasteiger partial charge in [-0.3, -0.25) is 14.4 Å². The number of nitrogens with one attached hydrogen (secondary N) is 1. The van der Waals surface area contributed by atoms with E-state index in [9.17, 15) is 28.7 Å². The highest BCUT2D eigenvalue weighted by Crippen LogP contribution is 2.28. The molecular weight excluding hydrogens is 469 g/mol. The monoisotopic (exact) mass is 497 g/mol. The van der Waals surface area contributed by atoms with Gasteiger partial charge in [-0.2, -0.15) is 0 Å². The number of rotatable bonds is 6. The van der Waals surface area contributed by atoms with Crippen molar-refractivity contribution in [1.29, 1.82) is 0 Å². The van der Waals surface area contributed by atoms with Crippen molar-refractivity contribution in [2.75, 3.05) is 20.1 Å². The molecule has 0 aromatic heterocycles. The summed E-state index contributed by atoms with van der Waals surface area (Å²) in [6.45, 7) is 2.10. The predicted octanol–water partition coefficient (Wildman–Crippen LogP) is 1.55. The molecule has 0 bridgehead atoms. The third-order valence-electron chi connectivity index (χ3n) is 6.37. The lowest BCUT2D eigenvalue weighted by Gasteiger charge is -2.54. The molecule has 0 aliphatic carbocycles. The van der Waals surface area contributed by atoms with Crippen LogP contribution in [0.25, 0.3) is 0 Å². The smallest absolute Gasteiger partial charge is 0.334 e. The zero-order valence-corrected chi connectivity index (χ0v) is 20.1. The summed E-state index contributed by atoms with van der Waals surface area (Å²) in [6, 6.07) is 11.5. The lowest BCUT2D eigenvalue weighted by Crippen LogP contribution is -2.76. The summed E-state index contributed by atoms with van der Waals surface area (Å²) in [7, 11) is 1.58. The molecule has 0 unspecified atom stereocenters. The summed E-state index contributed by atoms with van der Waals surface area (Å²) in [5, 5.41) is 15.1. The van der Waals surface area contributed by atoms with Gasteiger partial charge in [0, 0.05) is 20.1 Å². The number of aryl methyl sites for hydroxylation is 1. The number of nitrogens with zero attached hydrogens (tertiary/aromatic N) is 4. The number of hydrazine groups is 1. The Bertz CT molecular complexity index is 1160. The van der Waals surface area contributed by atoms with Gasteiger partial charge in [0.05, 0.1) is 19.5 Å². The molecular formula is C25H28FN5O5. The molecule has 0 radical (unpaired) electrons. The molecule has 2 aliphatic heterocycles. The van der Waals surface area contributed by atoms with Crippen molar-refractivity contribution in [2.24, 2.45) is 0 Å². The number of halogens is 1. The number of hydrogen-bond donors (Lipinski definition) is 2. The highest BCUT2D eigenvalue weighted by Gasteiger charge is 2.51. The van der Waals surface area contributed by atoms with Gasteiger partial charge in [-0.15, -0.1) is 0 Å². The van der Waals surface area contributed by atoms with Crippen molar-refractivity contribution in [3.63, 3.8) is 0 Å². The number of likely N-dealkylation sites (N-methyl/N-ethyl adjacent to an activating group) is 1. The largest absolute Gasteiger partial charge is 0.481 e. The molecule has 0 saturated carbocycles.